The maximum Gasteiger partial charge on any atom is 0.272 e. The Kier molecular flexibility index (Phi) is 5.35. The summed E-state index contributed by atoms with van der Waals surface area (Å²) < 4.78 is 18.7. The Morgan fingerprint density at radius 2 is 2.04 bits per heavy atom. The van der Waals surface area contributed by atoms with E-state index in [9.17, 15) is 19.3 Å². The Balaban J connectivity index is 2.03. The molecule has 0 saturated carbocycles. The number of nitrogens with zero attached hydrogens (tertiary/aromatic N) is 1. The summed E-state index contributed by atoms with van der Waals surface area (Å²) in [7, 11) is 0. The summed E-state index contributed by atoms with van der Waals surface area (Å²) >= 11 is 6.09. The van der Waals surface area contributed by atoms with Crippen LogP contribution < -0.4 is 10.1 Å². The lowest BCUT2D eigenvalue weighted by atomic mass is 10.1. The fourth-order valence-corrected chi connectivity index (χ4v) is 2.48. The third kappa shape index (κ3) is 4.20. The van der Waals surface area contributed by atoms with Crippen LogP contribution in [0.2, 0.25) is 5.02 Å². The molecule has 126 valence electrons. The number of benzene rings is 2. The van der Waals surface area contributed by atoms with Gasteiger partial charge in [0, 0.05) is 6.07 Å². The fraction of sp³-hybridized carbons (Fsp3) is 0.188. The Bertz CT molecular complexity index is 788. The number of anilines is 1. The van der Waals surface area contributed by atoms with E-state index in [0.29, 0.717) is 10.7 Å². The van der Waals surface area contributed by atoms with Gasteiger partial charge in [-0.15, -0.1) is 0 Å². The fourth-order valence-electron chi connectivity index (χ4n) is 2.11. The lowest BCUT2D eigenvalue weighted by Crippen LogP contribution is -2.21. The maximum atomic E-state index is 13.7. The molecule has 8 heteroatoms. The molecule has 0 radical (unpaired) electrons. The van der Waals surface area contributed by atoms with E-state index in [0.717, 1.165) is 29.3 Å². The van der Waals surface area contributed by atoms with E-state index in [2.05, 4.69) is 5.32 Å². The van der Waals surface area contributed by atoms with Gasteiger partial charge in [-0.2, -0.15) is 0 Å². The number of carbonyl (C=O) groups excluding carboxylic acids is 1. The number of rotatable bonds is 5. The van der Waals surface area contributed by atoms with Gasteiger partial charge in [-0.1, -0.05) is 17.7 Å². The van der Waals surface area contributed by atoms with Gasteiger partial charge < -0.3 is 10.1 Å². The molecule has 0 bridgehead atoms. The zero-order chi connectivity index (χ0) is 17.9. The predicted molar refractivity (Wildman–Crippen MR) is 88.1 cm³/mol. The summed E-state index contributed by atoms with van der Waals surface area (Å²) in [5.74, 6) is -1.69. The molecule has 0 aliphatic rings. The quantitative estimate of drug-likeness (QED) is 0.650. The Morgan fingerprint density at radius 3 is 2.62 bits per heavy atom. The number of nitrogens with one attached hydrogen (secondary N) is 1. The molecule has 2 rings (SSSR count). The van der Waals surface area contributed by atoms with Crippen molar-refractivity contribution in [2.24, 2.45) is 0 Å². The van der Waals surface area contributed by atoms with E-state index in [-0.39, 0.29) is 5.75 Å². The second-order valence-electron chi connectivity index (χ2n) is 5.15. The van der Waals surface area contributed by atoms with Crippen LogP contribution in [0.25, 0.3) is 0 Å². The first-order chi connectivity index (χ1) is 11.3. The molecule has 0 fully saturated rings. The number of amides is 1. The summed E-state index contributed by atoms with van der Waals surface area (Å²) in [4.78, 5) is 21.8. The van der Waals surface area contributed by atoms with E-state index in [1.54, 1.807) is 13.0 Å². The summed E-state index contributed by atoms with van der Waals surface area (Å²) in [5, 5.41) is 13.5. The minimum absolute atomic E-state index is 0.248. The van der Waals surface area contributed by atoms with Gasteiger partial charge in [0.1, 0.15) is 0 Å². The second-order valence-corrected chi connectivity index (χ2v) is 5.55. The number of ether oxygens (including phenoxy) is 1. The van der Waals surface area contributed by atoms with Crippen molar-refractivity contribution < 1.29 is 18.8 Å². The smallest absolute Gasteiger partial charge is 0.272 e. The summed E-state index contributed by atoms with van der Waals surface area (Å²) in [6, 6.07) is 6.50. The third-order valence-electron chi connectivity index (χ3n) is 3.18. The molecule has 0 spiro atoms. The van der Waals surface area contributed by atoms with Crippen LogP contribution in [-0.2, 0) is 4.79 Å². The van der Waals surface area contributed by atoms with Crippen molar-refractivity contribution in [3.63, 3.8) is 0 Å². The molecule has 0 saturated heterocycles. The largest absolute Gasteiger partial charge is 0.481 e. The first-order valence-corrected chi connectivity index (χ1v) is 7.29. The van der Waals surface area contributed by atoms with Crippen LogP contribution in [0.5, 0.6) is 5.75 Å². The first-order valence-electron chi connectivity index (χ1n) is 6.91. The second kappa shape index (κ2) is 7.27. The molecule has 0 aliphatic heterocycles. The van der Waals surface area contributed by atoms with Crippen LogP contribution in [0, 0.1) is 29.8 Å². The number of nitro benzene ring substituents is 1. The van der Waals surface area contributed by atoms with Gasteiger partial charge in [-0.3, -0.25) is 14.9 Å². The highest BCUT2D eigenvalue weighted by atomic mass is 35.5. The number of nitro groups is 1. The Morgan fingerprint density at radius 1 is 1.33 bits per heavy atom. The van der Waals surface area contributed by atoms with Crippen molar-refractivity contribution in [2.75, 3.05) is 11.9 Å². The standard InChI is InChI=1S/C16H14ClFN2O4/c1-9-5-10(2)16(12(17)6-9)19-15(21)8-24-14-4-3-11(20(22)23)7-13(14)18/h3-7H,8H2,1-2H3,(H,19,21). The molecular weight excluding hydrogens is 339 g/mol. The van der Waals surface area contributed by atoms with E-state index in [1.165, 1.54) is 0 Å². The molecule has 0 heterocycles. The van der Waals surface area contributed by atoms with Crippen LogP contribution in [0.4, 0.5) is 15.8 Å². The predicted octanol–water partition coefficient (Wildman–Crippen LogP) is 4.02. The molecule has 2 aromatic carbocycles. The average molecular weight is 353 g/mol. The van der Waals surface area contributed by atoms with Crippen molar-refractivity contribution >= 4 is 28.9 Å². The van der Waals surface area contributed by atoms with Crippen molar-refractivity contribution in [1.82, 2.24) is 0 Å². The minimum Gasteiger partial charge on any atom is -0.481 e. The molecule has 1 N–H and O–H groups in total. The highest BCUT2D eigenvalue weighted by Gasteiger charge is 2.14. The molecular formula is C16H14ClFN2O4. The Hall–Kier alpha value is -2.67. The summed E-state index contributed by atoms with van der Waals surface area (Å²) in [5.41, 5.74) is 1.81. The van der Waals surface area contributed by atoms with Gasteiger partial charge in [0.2, 0.25) is 0 Å². The molecule has 0 aliphatic carbocycles. The lowest BCUT2D eigenvalue weighted by molar-refractivity contribution is -0.385. The molecule has 2 aromatic rings. The Labute approximate surface area is 142 Å². The number of hydrogen-bond donors (Lipinski definition) is 1. The molecule has 0 atom stereocenters. The number of carbonyl (C=O) groups is 1. The van der Waals surface area contributed by atoms with E-state index in [1.807, 2.05) is 13.0 Å². The number of halogens is 2. The van der Waals surface area contributed by atoms with Gasteiger partial charge in [-0.05, 0) is 37.1 Å². The van der Waals surface area contributed by atoms with Crippen LogP contribution in [0.3, 0.4) is 0 Å². The van der Waals surface area contributed by atoms with Crippen LogP contribution in [-0.4, -0.2) is 17.4 Å². The highest BCUT2D eigenvalue weighted by molar-refractivity contribution is 6.34. The number of non-ortho nitro benzene ring substituents is 1. The van der Waals surface area contributed by atoms with Gasteiger partial charge in [0.15, 0.2) is 18.2 Å². The number of aryl methyl sites for hydroxylation is 2. The van der Waals surface area contributed by atoms with Crippen LogP contribution >= 0.6 is 11.6 Å². The van der Waals surface area contributed by atoms with Crippen LogP contribution in [0.1, 0.15) is 11.1 Å². The average Bonchev–Trinajstić information content (AvgIpc) is 2.49. The topological polar surface area (TPSA) is 81.5 Å². The van der Waals surface area contributed by atoms with Crippen molar-refractivity contribution in [3.05, 3.63) is 62.4 Å². The zero-order valence-corrected chi connectivity index (χ0v) is 13.7. The van der Waals surface area contributed by atoms with Crippen LogP contribution in [0.15, 0.2) is 30.3 Å². The van der Waals surface area contributed by atoms with E-state index < -0.39 is 28.9 Å². The molecule has 1 amide bonds. The van der Waals surface area contributed by atoms with Gasteiger partial charge in [0.05, 0.1) is 21.7 Å². The van der Waals surface area contributed by atoms with Gasteiger partial charge in [-0.25, -0.2) is 4.39 Å². The highest BCUT2D eigenvalue weighted by Crippen LogP contribution is 2.27. The molecule has 0 aromatic heterocycles. The van der Waals surface area contributed by atoms with E-state index in [4.69, 9.17) is 16.3 Å². The van der Waals surface area contributed by atoms with Gasteiger partial charge in [0.25, 0.3) is 11.6 Å². The number of hydrogen-bond acceptors (Lipinski definition) is 4. The molecule has 24 heavy (non-hydrogen) atoms. The summed E-state index contributed by atoms with van der Waals surface area (Å²) in [6.07, 6.45) is 0. The first kappa shape index (κ1) is 17.7. The van der Waals surface area contributed by atoms with Crippen molar-refractivity contribution in [2.45, 2.75) is 13.8 Å². The zero-order valence-electron chi connectivity index (χ0n) is 12.9. The SMILES string of the molecule is Cc1cc(C)c(NC(=O)COc2ccc([N+](=O)[O-])cc2F)c(Cl)c1. The maximum absolute atomic E-state index is 13.7. The third-order valence-corrected chi connectivity index (χ3v) is 3.48. The van der Waals surface area contributed by atoms with Crippen molar-refractivity contribution in [1.29, 1.82) is 0 Å². The minimum atomic E-state index is -0.915. The molecule has 6 nitrogen and oxygen atoms in total. The summed E-state index contributed by atoms with van der Waals surface area (Å²) in [6.45, 7) is 3.22. The lowest BCUT2D eigenvalue weighted by Gasteiger charge is -2.12. The van der Waals surface area contributed by atoms with E-state index >= 15 is 0 Å². The van der Waals surface area contributed by atoms with Gasteiger partial charge >= 0.3 is 0 Å². The molecule has 0 unspecified atom stereocenters. The van der Waals surface area contributed by atoms with Crippen molar-refractivity contribution in [3.8, 4) is 5.75 Å². The monoisotopic (exact) mass is 352 g/mol. The normalized spacial score (nSPS) is 10.3.